The van der Waals surface area contributed by atoms with Gasteiger partial charge in [0.1, 0.15) is 11.5 Å². The molecule has 0 saturated heterocycles. The number of amides is 1. The molecule has 2 aromatic carbocycles. The maximum absolute atomic E-state index is 13.2. The van der Waals surface area contributed by atoms with Crippen LogP contribution in [0.5, 0.6) is 5.75 Å². The summed E-state index contributed by atoms with van der Waals surface area (Å²) in [5, 5.41) is 25.5. The Balaban J connectivity index is 2.04. The van der Waals surface area contributed by atoms with Crippen molar-refractivity contribution in [2.24, 2.45) is 5.10 Å². The van der Waals surface area contributed by atoms with Gasteiger partial charge in [-0.05, 0) is 36.4 Å². The number of hydrogen-bond donors (Lipinski definition) is 1. The van der Waals surface area contributed by atoms with Gasteiger partial charge in [0.15, 0.2) is 5.72 Å². The molecule has 0 unspecified atom stereocenters. The summed E-state index contributed by atoms with van der Waals surface area (Å²) < 4.78 is 44.7. The third-order valence-electron chi connectivity index (χ3n) is 4.38. The monoisotopic (exact) mass is 409 g/mol. The molecule has 8 nitrogen and oxygen atoms in total. The molecule has 1 N–H and O–H groups in total. The van der Waals surface area contributed by atoms with Crippen molar-refractivity contribution in [3.8, 4) is 5.75 Å². The Morgan fingerprint density at radius 1 is 1.21 bits per heavy atom. The zero-order valence-electron chi connectivity index (χ0n) is 14.9. The van der Waals surface area contributed by atoms with Gasteiger partial charge < -0.3 is 9.84 Å². The van der Waals surface area contributed by atoms with Gasteiger partial charge in [-0.2, -0.15) is 23.3 Å². The number of non-ortho nitro benzene ring substituents is 1. The minimum absolute atomic E-state index is 0.0293. The summed E-state index contributed by atoms with van der Waals surface area (Å²) in [7, 11) is 1.41. The zero-order chi connectivity index (χ0) is 21.4. The lowest BCUT2D eigenvalue weighted by molar-refractivity contribution is -0.384. The van der Waals surface area contributed by atoms with Crippen LogP contribution in [0.3, 0.4) is 0 Å². The second-order valence-corrected chi connectivity index (χ2v) is 6.19. The van der Waals surface area contributed by atoms with Crippen LogP contribution in [0.15, 0.2) is 53.6 Å². The number of benzene rings is 2. The number of hydrazone groups is 1. The smallest absolute Gasteiger partial charge is 0.431 e. The number of nitro benzene ring substituents is 1. The fourth-order valence-electron chi connectivity index (χ4n) is 2.85. The number of ether oxygens (including phenoxy) is 1. The van der Waals surface area contributed by atoms with Crippen molar-refractivity contribution in [3.05, 3.63) is 69.8 Å². The number of hydrogen-bond acceptors (Lipinski definition) is 6. The Bertz CT molecular complexity index is 974. The highest BCUT2D eigenvalue weighted by Crippen LogP contribution is 2.40. The average Bonchev–Trinajstić information content (AvgIpc) is 3.07. The first-order valence-corrected chi connectivity index (χ1v) is 8.17. The van der Waals surface area contributed by atoms with E-state index in [1.165, 1.54) is 31.4 Å². The number of aliphatic hydroxyl groups is 1. The lowest BCUT2D eigenvalue weighted by Gasteiger charge is -2.31. The molecular formula is C18H14F3N3O5. The van der Waals surface area contributed by atoms with Crippen molar-refractivity contribution < 1.29 is 32.7 Å². The summed E-state index contributed by atoms with van der Waals surface area (Å²) >= 11 is 0. The molecule has 0 saturated carbocycles. The number of nitrogens with zero attached hydrogens (tertiary/aromatic N) is 3. The minimum Gasteiger partial charge on any atom is -0.497 e. The van der Waals surface area contributed by atoms with E-state index < -0.39 is 34.9 Å². The van der Waals surface area contributed by atoms with Crippen LogP contribution in [-0.2, 0) is 5.72 Å². The third-order valence-corrected chi connectivity index (χ3v) is 4.38. The summed E-state index contributed by atoms with van der Waals surface area (Å²) in [6, 6.07) is 9.72. The molecule has 0 spiro atoms. The second kappa shape index (κ2) is 7.17. The molecule has 0 bridgehead atoms. The first-order chi connectivity index (χ1) is 13.6. The molecule has 152 valence electrons. The van der Waals surface area contributed by atoms with Crippen molar-refractivity contribution in [2.45, 2.75) is 18.3 Å². The first-order valence-electron chi connectivity index (χ1n) is 8.17. The van der Waals surface area contributed by atoms with Crippen LogP contribution >= 0.6 is 0 Å². The standard InChI is InChI=1S/C18H14F3N3O5/c1-29-14-8-2-11(3-9-14)16(25)23-17(26,10-15(22-23)18(19,20)21)12-4-6-13(7-5-12)24(27)28/h2-9,26H,10H2,1H3/t17-/m0/s1. The predicted octanol–water partition coefficient (Wildman–Crippen LogP) is 3.21. The van der Waals surface area contributed by atoms with E-state index in [0.29, 0.717) is 10.8 Å². The fourth-order valence-corrected chi connectivity index (χ4v) is 2.85. The van der Waals surface area contributed by atoms with Gasteiger partial charge in [-0.15, -0.1) is 0 Å². The molecule has 0 aliphatic carbocycles. The van der Waals surface area contributed by atoms with Crippen LogP contribution < -0.4 is 4.74 Å². The Kier molecular flexibility index (Phi) is 5.01. The molecule has 1 amide bonds. The van der Waals surface area contributed by atoms with E-state index in [4.69, 9.17) is 4.74 Å². The Morgan fingerprint density at radius 3 is 2.28 bits per heavy atom. The van der Waals surface area contributed by atoms with Crippen LogP contribution in [0.25, 0.3) is 0 Å². The number of carbonyl (C=O) groups is 1. The van der Waals surface area contributed by atoms with Gasteiger partial charge in [-0.1, -0.05) is 0 Å². The normalized spacial score (nSPS) is 19.1. The SMILES string of the molecule is COc1ccc(C(=O)N2N=C(C(F)(F)F)C[C@]2(O)c2ccc([N+](=O)[O-])cc2)cc1. The zero-order valence-corrected chi connectivity index (χ0v) is 14.9. The second-order valence-electron chi connectivity index (χ2n) is 6.19. The summed E-state index contributed by atoms with van der Waals surface area (Å²) in [5.41, 5.74) is -4.30. The molecule has 29 heavy (non-hydrogen) atoms. The van der Waals surface area contributed by atoms with E-state index >= 15 is 0 Å². The molecular weight excluding hydrogens is 395 g/mol. The van der Waals surface area contributed by atoms with Crippen LogP contribution in [0, 0.1) is 10.1 Å². The Morgan fingerprint density at radius 2 is 1.79 bits per heavy atom. The molecule has 1 heterocycles. The van der Waals surface area contributed by atoms with Crippen molar-refractivity contribution in [2.75, 3.05) is 7.11 Å². The van der Waals surface area contributed by atoms with Crippen molar-refractivity contribution in [1.82, 2.24) is 5.01 Å². The molecule has 2 aromatic rings. The van der Waals surface area contributed by atoms with Crippen molar-refractivity contribution in [1.29, 1.82) is 0 Å². The van der Waals surface area contributed by atoms with Crippen LogP contribution in [0.4, 0.5) is 18.9 Å². The number of methoxy groups -OCH3 is 1. The highest BCUT2D eigenvalue weighted by Gasteiger charge is 2.53. The van der Waals surface area contributed by atoms with Gasteiger partial charge >= 0.3 is 6.18 Å². The first kappa shape index (κ1) is 20.3. The van der Waals surface area contributed by atoms with Crippen LogP contribution in [0.1, 0.15) is 22.3 Å². The van der Waals surface area contributed by atoms with Gasteiger partial charge in [0, 0.05) is 23.3 Å². The van der Waals surface area contributed by atoms with Gasteiger partial charge in [-0.25, -0.2) is 0 Å². The summed E-state index contributed by atoms with van der Waals surface area (Å²) in [4.78, 5) is 22.9. The topological polar surface area (TPSA) is 105 Å². The average molecular weight is 409 g/mol. The Hall–Kier alpha value is -3.47. The number of rotatable bonds is 4. The summed E-state index contributed by atoms with van der Waals surface area (Å²) in [5.74, 6) is -0.555. The summed E-state index contributed by atoms with van der Waals surface area (Å²) in [6.07, 6.45) is -5.89. The van der Waals surface area contributed by atoms with E-state index in [2.05, 4.69) is 5.10 Å². The van der Waals surface area contributed by atoms with Gasteiger partial charge in [0.05, 0.1) is 18.5 Å². The van der Waals surface area contributed by atoms with Crippen LogP contribution in [0.2, 0.25) is 0 Å². The van der Waals surface area contributed by atoms with E-state index in [0.717, 1.165) is 24.3 Å². The predicted molar refractivity (Wildman–Crippen MR) is 94.3 cm³/mol. The lowest BCUT2D eigenvalue weighted by atomic mass is 9.96. The van der Waals surface area contributed by atoms with Gasteiger partial charge in [0.25, 0.3) is 11.6 Å². The highest BCUT2D eigenvalue weighted by atomic mass is 19.4. The quantitative estimate of drug-likeness (QED) is 0.617. The van der Waals surface area contributed by atoms with Gasteiger partial charge in [-0.3, -0.25) is 14.9 Å². The third kappa shape index (κ3) is 3.76. The maximum atomic E-state index is 13.2. The molecule has 3 rings (SSSR count). The van der Waals surface area contributed by atoms with E-state index in [1.807, 2.05) is 0 Å². The van der Waals surface area contributed by atoms with E-state index in [1.54, 1.807) is 0 Å². The number of alkyl halides is 3. The minimum atomic E-state index is -4.87. The molecule has 1 aliphatic rings. The van der Waals surface area contributed by atoms with Crippen molar-refractivity contribution in [3.63, 3.8) is 0 Å². The molecule has 0 aromatic heterocycles. The van der Waals surface area contributed by atoms with E-state index in [-0.39, 0.29) is 16.8 Å². The van der Waals surface area contributed by atoms with Crippen LogP contribution in [-0.4, -0.2) is 39.9 Å². The molecule has 0 radical (unpaired) electrons. The Labute approximate surface area is 162 Å². The fraction of sp³-hybridized carbons (Fsp3) is 0.222. The number of carbonyl (C=O) groups excluding carboxylic acids is 1. The molecule has 1 atom stereocenters. The molecule has 11 heteroatoms. The molecule has 1 aliphatic heterocycles. The van der Waals surface area contributed by atoms with Crippen molar-refractivity contribution >= 4 is 17.3 Å². The summed E-state index contributed by atoms with van der Waals surface area (Å²) in [6.45, 7) is 0. The largest absolute Gasteiger partial charge is 0.497 e. The molecule has 0 fully saturated rings. The number of halogens is 3. The van der Waals surface area contributed by atoms with Gasteiger partial charge in [0.2, 0.25) is 0 Å². The number of nitro groups is 1. The lowest BCUT2D eigenvalue weighted by Crippen LogP contribution is -2.43. The highest BCUT2D eigenvalue weighted by molar-refractivity contribution is 5.99. The van der Waals surface area contributed by atoms with E-state index in [9.17, 15) is 33.2 Å². The maximum Gasteiger partial charge on any atom is 0.431 e.